The molecule has 0 atom stereocenters. The number of halogens is 4. The summed E-state index contributed by atoms with van der Waals surface area (Å²) >= 11 is 0.921. The second-order valence-corrected chi connectivity index (χ2v) is 5.93. The van der Waals surface area contributed by atoms with E-state index in [1.165, 1.54) is 13.1 Å². The summed E-state index contributed by atoms with van der Waals surface area (Å²) < 4.78 is 51.0. The fourth-order valence-corrected chi connectivity index (χ4v) is 2.57. The molecule has 130 valence electrons. The van der Waals surface area contributed by atoms with E-state index in [2.05, 4.69) is 20.6 Å². The van der Waals surface area contributed by atoms with Crippen molar-refractivity contribution < 1.29 is 17.6 Å². The molecule has 0 spiro atoms. The number of aromatic nitrogens is 1. The summed E-state index contributed by atoms with van der Waals surface area (Å²) in [5.74, 6) is 0.0967. The molecule has 0 bridgehead atoms. The van der Waals surface area contributed by atoms with E-state index in [1.807, 2.05) is 0 Å². The number of thiazole rings is 1. The molecule has 1 heterocycles. The van der Waals surface area contributed by atoms with Gasteiger partial charge in [0, 0.05) is 19.0 Å². The molecule has 0 radical (unpaired) electrons. The molecule has 0 aliphatic rings. The van der Waals surface area contributed by atoms with Gasteiger partial charge in [0.15, 0.2) is 11.7 Å². The molecular weight excluding hydrogens is 344 g/mol. The van der Waals surface area contributed by atoms with E-state index in [4.69, 9.17) is 0 Å². The molecule has 0 aliphatic carbocycles. The van der Waals surface area contributed by atoms with E-state index >= 15 is 0 Å². The van der Waals surface area contributed by atoms with Crippen LogP contribution in [0.2, 0.25) is 0 Å². The molecule has 2 N–H and O–H groups in total. The highest BCUT2D eigenvalue weighted by atomic mass is 32.1. The number of nitrogens with one attached hydrogen (secondary N) is 2. The van der Waals surface area contributed by atoms with Gasteiger partial charge in [-0.05, 0) is 24.1 Å². The maximum atomic E-state index is 13.5. The third kappa shape index (κ3) is 4.92. The van der Waals surface area contributed by atoms with Crippen molar-refractivity contribution in [3.8, 4) is 0 Å². The van der Waals surface area contributed by atoms with Crippen molar-refractivity contribution in [2.24, 2.45) is 4.99 Å². The van der Waals surface area contributed by atoms with Crippen LogP contribution in [0.1, 0.15) is 21.8 Å². The lowest BCUT2D eigenvalue weighted by atomic mass is 10.1. The Morgan fingerprint density at radius 3 is 2.54 bits per heavy atom. The fraction of sp³-hybridized carbons (Fsp3) is 0.333. The van der Waals surface area contributed by atoms with E-state index < -0.39 is 11.9 Å². The smallest absolute Gasteiger partial charge is 0.352 e. The van der Waals surface area contributed by atoms with Crippen LogP contribution in [0.5, 0.6) is 0 Å². The van der Waals surface area contributed by atoms with Gasteiger partial charge in [-0.3, -0.25) is 4.99 Å². The second kappa shape index (κ2) is 7.61. The molecule has 0 aliphatic heterocycles. The van der Waals surface area contributed by atoms with Gasteiger partial charge in [0.2, 0.25) is 0 Å². The van der Waals surface area contributed by atoms with E-state index in [0.29, 0.717) is 23.1 Å². The quantitative estimate of drug-likeness (QED) is 0.499. The Bertz CT molecular complexity index is 725. The van der Waals surface area contributed by atoms with Crippen LogP contribution in [0.15, 0.2) is 28.6 Å². The average molecular weight is 360 g/mol. The third-order valence-electron chi connectivity index (χ3n) is 3.17. The van der Waals surface area contributed by atoms with Crippen molar-refractivity contribution in [1.29, 1.82) is 0 Å². The summed E-state index contributed by atoms with van der Waals surface area (Å²) in [4.78, 5) is 7.50. The molecular formula is C15H16F4N4S. The van der Waals surface area contributed by atoms with Gasteiger partial charge in [0.05, 0.1) is 6.54 Å². The molecule has 0 unspecified atom stereocenters. The van der Waals surface area contributed by atoms with Crippen molar-refractivity contribution >= 4 is 17.3 Å². The van der Waals surface area contributed by atoms with Crippen LogP contribution >= 0.6 is 11.3 Å². The Labute approximate surface area is 140 Å². The number of alkyl halides is 3. The maximum Gasteiger partial charge on any atom is 0.434 e. The fourth-order valence-electron chi connectivity index (χ4n) is 1.83. The summed E-state index contributed by atoms with van der Waals surface area (Å²) in [5, 5.41) is 7.11. The molecule has 4 nitrogen and oxygen atoms in total. The molecule has 1 aromatic carbocycles. The highest BCUT2D eigenvalue weighted by Gasteiger charge is 2.33. The summed E-state index contributed by atoms with van der Waals surface area (Å²) in [6.07, 6.45) is -4.44. The van der Waals surface area contributed by atoms with Crippen LogP contribution in [0.3, 0.4) is 0 Å². The maximum absolute atomic E-state index is 13.5. The highest BCUT2D eigenvalue weighted by molar-refractivity contribution is 7.09. The first kappa shape index (κ1) is 18.2. The average Bonchev–Trinajstić information content (AvgIpc) is 3.00. The third-order valence-corrected chi connectivity index (χ3v) is 4.02. The second-order valence-electron chi connectivity index (χ2n) is 4.99. The standard InChI is InChI=1S/C15H16F4N4S/c1-9-3-4-10(5-11(9)16)6-21-14(20-2)22-7-13-23-12(8-24-13)15(17,18)19/h3-5,8H,6-7H2,1-2H3,(H2,20,21,22). The summed E-state index contributed by atoms with van der Waals surface area (Å²) in [5.41, 5.74) is 0.391. The topological polar surface area (TPSA) is 49.3 Å². The SMILES string of the molecule is CN=C(NCc1ccc(C)c(F)c1)NCc1nc(C(F)(F)F)cs1. The molecule has 1 aromatic heterocycles. The van der Waals surface area contributed by atoms with Crippen LogP contribution < -0.4 is 10.6 Å². The van der Waals surface area contributed by atoms with Crippen LogP contribution in [0, 0.1) is 12.7 Å². The van der Waals surface area contributed by atoms with Gasteiger partial charge < -0.3 is 10.6 Å². The van der Waals surface area contributed by atoms with Gasteiger partial charge in [0.1, 0.15) is 10.8 Å². The lowest BCUT2D eigenvalue weighted by Gasteiger charge is -2.11. The largest absolute Gasteiger partial charge is 0.434 e. The number of aryl methyl sites for hydroxylation is 1. The zero-order valence-corrected chi connectivity index (χ0v) is 13.9. The van der Waals surface area contributed by atoms with Gasteiger partial charge in [-0.15, -0.1) is 11.3 Å². The van der Waals surface area contributed by atoms with E-state index in [9.17, 15) is 17.6 Å². The van der Waals surface area contributed by atoms with Crippen molar-refractivity contribution in [2.45, 2.75) is 26.2 Å². The van der Waals surface area contributed by atoms with E-state index in [-0.39, 0.29) is 12.4 Å². The van der Waals surface area contributed by atoms with Crippen molar-refractivity contribution in [3.05, 3.63) is 51.2 Å². The Morgan fingerprint density at radius 1 is 1.25 bits per heavy atom. The molecule has 9 heteroatoms. The molecule has 2 rings (SSSR count). The monoisotopic (exact) mass is 360 g/mol. The number of hydrogen-bond donors (Lipinski definition) is 2. The number of nitrogens with zero attached hydrogens (tertiary/aromatic N) is 2. The predicted molar refractivity (Wildman–Crippen MR) is 85.3 cm³/mol. The lowest BCUT2D eigenvalue weighted by molar-refractivity contribution is -0.140. The normalized spacial score (nSPS) is 12.3. The van der Waals surface area contributed by atoms with Crippen LogP contribution in [0.25, 0.3) is 0 Å². The van der Waals surface area contributed by atoms with Gasteiger partial charge >= 0.3 is 6.18 Å². The minimum atomic E-state index is -4.44. The Kier molecular flexibility index (Phi) is 5.76. The zero-order valence-electron chi connectivity index (χ0n) is 13.0. The van der Waals surface area contributed by atoms with Crippen LogP contribution in [0.4, 0.5) is 17.6 Å². The first-order valence-electron chi connectivity index (χ1n) is 7.00. The summed E-state index contributed by atoms with van der Waals surface area (Å²) in [6, 6.07) is 4.89. The molecule has 2 aromatic rings. The Hall–Kier alpha value is -2.16. The number of hydrogen-bond acceptors (Lipinski definition) is 3. The predicted octanol–water partition coefficient (Wildman–Crippen LogP) is 3.47. The highest BCUT2D eigenvalue weighted by Crippen LogP contribution is 2.29. The van der Waals surface area contributed by atoms with Crippen molar-refractivity contribution in [1.82, 2.24) is 15.6 Å². The first-order chi connectivity index (χ1) is 11.3. The summed E-state index contributed by atoms with van der Waals surface area (Å²) in [6.45, 7) is 2.13. The number of guanidine groups is 1. The lowest BCUT2D eigenvalue weighted by Crippen LogP contribution is -2.36. The molecule has 0 saturated carbocycles. The Balaban J connectivity index is 1.88. The summed E-state index contributed by atoms with van der Waals surface area (Å²) in [7, 11) is 1.54. The zero-order chi connectivity index (χ0) is 17.7. The molecule has 0 fully saturated rings. The number of aliphatic imine (C=N–C) groups is 1. The first-order valence-corrected chi connectivity index (χ1v) is 7.88. The molecule has 0 amide bonds. The van der Waals surface area contributed by atoms with Gasteiger partial charge in [-0.25, -0.2) is 9.37 Å². The van der Waals surface area contributed by atoms with E-state index in [0.717, 1.165) is 22.3 Å². The molecule has 0 saturated heterocycles. The molecule has 24 heavy (non-hydrogen) atoms. The van der Waals surface area contributed by atoms with Crippen molar-refractivity contribution in [2.75, 3.05) is 7.05 Å². The van der Waals surface area contributed by atoms with Gasteiger partial charge in [0.25, 0.3) is 0 Å². The van der Waals surface area contributed by atoms with Crippen molar-refractivity contribution in [3.63, 3.8) is 0 Å². The van der Waals surface area contributed by atoms with Crippen LogP contribution in [-0.2, 0) is 19.3 Å². The Morgan fingerprint density at radius 2 is 1.96 bits per heavy atom. The number of rotatable bonds is 4. The van der Waals surface area contributed by atoms with Crippen LogP contribution in [-0.4, -0.2) is 18.0 Å². The minimum absolute atomic E-state index is 0.114. The van der Waals surface area contributed by atoms with E-state index in [1.54, 1.807) is 19.1 Å². The van der Waals surface area contributed by atoms with Gasteiger partial charge in [-0.1, -0.05) is 12.1 Å². The minimum Gasteiger partial charge on any atom is -0.352 e. The number of benzene rings is 1. The van der Waals surface area contributed by atoms with Gasteiger partial charge in [-0.2, -0.15) is 13.2 Å².